The summed E-state index contributed by atoms with van der Waals surface area (Å²) in [7, 11) is 0. The molecule has 5 unspecified atom stereocenters. The van der Waals surface area contributed by atoms with E-state index < -0.39 is 0 Å². The first-order valence-corrected chi connectivity index (χ1v) is 43.6. The maximum atomic E-state index is 9.95. The van der Waals surface area contributed by atoms with Crippen LogP contribution in [-0.4, -0.2) is 173 Å². The lowest BCUT2D eigenvalue weighted by molar-refractivity contribution is 0.0183. The van der Waals surface area contributed by atoms with Gasteiger partial charge in [-0.05, 0) is 216 Å². The molecular formula is C100H127N11O14. The molecule has 5 aliphatic rings. The second kappa shape index (κ2) is 46.1. The second-order valence-corrected chi connectivity index (χ2v) is 32.9. The van der Waals surface area contributed by atoms with Crippen molar-refractivity contribution in [3.63, 3.8) is 0 Å². The van der Waals surface area contributed by atoms with Crippen LogP contribution in [0.3, 0.4) is 0 Å². The molecule has 666 valence electrons. The van der Waals surface area contributed by atoms with Crippen molar-refractivity contribution < 1.29 is 68.2 Å². The number of aromatic hydroxyl groups is 5. The van der Waals surface area contributed by atoms with Crippen molar-refractivity contribution in [2.75, 3.05) is 97.3 Å². The minimum absolute atomic E-state index is 0.166. The summed E-state index contributed by atoms with van der Waals surface area (Å²) in [4.78, 5) is 2.41. The molecule has 3 fully saturated rings. The molecule has 5 atom stereocenters. The number of ether oxygens (including phenoxy) is 9. The molecule has 0 radical (unpaired) electrons. The van der Waals surface area contributed by atoms with Gasteiger partial charge in [0.05, 0.1) is 104 Å². The summed E-state index contributed by atoms with van der Waals surface area (Å²) in [5.74, 6) is 6.48. The number of hydrogen-bond donors (Lipinski definition) is 5. The number of piperidine rings is 1. The number of nitrogens with zero attached hydrogens (tertiary/aromatic N) is 11. The molecule has 125 heavy (non-hydrogen) atoms. The topological polar surface area (TPSA) is 277 Å². The minimum Gasteiger partial charge on any atom is -0.507 e. The van der Waals surface area contributed by atoms with Crippen molar-refractivity contribution in [3.05, 3.63) is 247 Å². The highest BCUT2D eigenvalue weighted by molar-refractivity contribution is 5.71. The van der Waals surface area contributed by atoms with E-state index in [9.17, 15) is 25.5 Å². The normalized spacial score (nSPS) is 17.7. The van der Waals surface area contributed by atoms with Crippen molar-refractivity contribution in [1.29, 1.82) is 0 Å². The molecule has 15 rings (SSSR count). The zero-order valence-electron chi connectivity index (χ0n) is 74.3. The number of aromatic nitrogens is 10. The van der Waals surface area contributed by atoms with Gasteiger partial charge in [0.1, 0.15) is 83.1 Å². The lowest BCUT2D eigenvalue weighted by atomic mass is 9.86. The van der Waals surface area contributed by atoms with Crippen LogP contribution in [0.1, 0.15) is 207 Å². The summed E-state index contributed by atoms with van der Waals surface area (Å²) in [6, 6.07) is 38.5. The first-order chi connectivity index (χ1) is 60.6. The van der Waals surface area contributed by atoms with Crippen LogP contribution in [0.2, 0.25) is 0 Å². The minimum atomic E-state index is 0.166. The first kappa shape index (κ1) is 93.7. The molecule has 25 heteroatoms. The Morgan fingerprint density at radius 3 is 1.27 bits per heavy atom. The van der Waals surface area contributed by atoms with Gasteiger partial charge in [0.25, 0.3) is 0 Å². The highest BCUT2D eigenvalue weighted by Gasteiger charge is 2.34. The standard InChI is InChI=1S/C20H27N3O2.C20H26N2O3.C20H24N2O3.C20H26N2O3.C20H24N2O3/c1-4-17-18(24)9-7-10-19(17)25-14-16-8-5-6-13-22(16)20-11-12-21-23(20)15(2)3;2*1-4-16-19(23)6-5-7-20(16)25-13-15-12-24-11-9-17(15)18-8-10-21-22(18)14(2)3;2*1-4-16-19(23)6-5-7-20(16)25-12-15-9-11-24-13-17(15)18-8-10-21-22(18)14(2)3/h4,7,9-12,15-16,24H,1,5-6,8,13-14H2,2-3H3;4-8,10,14-15,17,23H,1,9,11-13H2,2-3H3;4-8,10,14,23H,1,9,11-13H2,2-3H3;4-8,10,14-15,17,23H,1,9,11-13H2,2-3H3;4-8,10,14,23H,1,9,11-13H2,2-3H3. The zero-order chi connectivity index (χ0) is 89.1. The maximum Gasteiger partial charge on any atom is 0.130 e. The molecule has 0 saturated carbocycles. The largest absolute Gasteiger partial charge is 0.507 e. The molecule has 10 aromatic rings. The average Bonchev–Trinajstić information content (AvgIpc) is 1.77. The van der Waals surface area contributed by atoms with E-state index >= 15 is 0 Å². The monoisotopic (exact) mass is 1710 g/mol. The highest BCUT2D eigenvalue weighted by atomic mass is 16.5. The number of anilines is 1. The molecular weight excluding hydrogens is 1580 g/mol. The molecule has 10 heterocycles. The molecule has 5 aromatic carbocycles. The van der Waals surface area contributed by atoms with E-state index in [2.05, 4.69) is 165 Å². The Morgan fingerprint density at radius 1 is 0.376 bits per heavy atom. The van der Waals surface area contributed by atoms with Gasteiger partial charge < -0.3 is 73.1 Å². The Bertz CT molecular complexity index is 4810. The molecule has 5 aliphatic heterocycles. The molecule has 25 nitrogen and oxygen atoms in total. The van der Waals surface area contributed by atoms with Crippen molar-refractivity contribution in [3.8, 4) is 57.5 Å². The molecule has 5 N–H and O–H groups in total. The van der Waals surface area contributed by atoms with Gasteiger partial charge in [0.15, 0.2) is 0 Å². The second-order valence-electron chi connectivity index (χ2n) is 32.9. The van der Waals surface area contributed by atoms with E-state index in [0.717, 1.165) is 80.2 Å². The van der Waals surface area contributed by atoms with Crippen LogP contribution in [-0.2, 0) is 18.9 Å². The Morgan fingerprint density at radius 2 is 0.776 bits per heavy atom. The van der Waals surface area contributed by atoms with Crippen LogP contribution in [0, 0.1) is 11.8 Å². The maximum absolute atomic E-state index is 9.95. The van der Waals surface area contributed by atoms with Gasteiger partial charge >= 0.3 is 0 Å². The fraction of sp³-hybridized carbons (Fsp3) is 0.410. The molecule has 0 aliphatic carbocycles. The number of phenols is 5. The zero-order valence-corrected chi connectivity index (χ0v) is 74.3. The van der Waals surface area contributed by atoms with Gasteiger partial charge in [-0.1, -0.05) is 93.6 Å². The summed E-state index contributed by atoms with van der Waals surface area (Å²) in [6.45, 7) is 49.0. The Labute approximate surface area is 736 Å². The summed E-state index contributed by atoms with van der Waals surface area (Å²) >= 11 is 0. The lowest BCUT2D eigenvalue weighted by Gasteiger charge is -2.37. The van der Waals surface area contributed by atoms with Crippen molar-refractivity contribution >= 4 is 47.3 Å². The van der Waals surface area contributed by atoms with E-state index in [-0.39, 0.29) is 46.6 Å². The van der Waals surface area contributed by atoms with Crippen molar-refractivity contribution in [1.82, 2.24) is 48.9 Å². The predicted molar refractivity (Wildman–Crippen MR) is 495 cm³/mol. The molecule has 0 amide bonds. The van der Waals surface area contributed by atoms with Gasteiger partial charge in [0, 0.05) is 121 Å². The summed E-state index contributed by atoms with van der Waals surface area (Å²) in [6.07, 6.45) is 24.4. The van der Waals surface area contributed by atoms with Crippen molar-refractivity contribution in [2.45, 2.75) is 162 Å². The average molecular weight is 1710 g/mol. The van der Waals surface area contributed by atoms with Crippen LogP contribution in [0.15, 0.2) is 196 Å². The van der Waals surface area contributed by atoms with E-state index in [4.69, 9.17) is 42.6 Å². The third kappa shape index (κ3) is 23.9. The van der Waals surface area contributed by atoms with Gasteiger partial charge in [0.2, 0.25) is 0 Å². The van der Waals surface area contributed by atoms with Crippen LogP contribution in [0.5, 0.6) is 57.5 Å². The fourth-order valence-electron chi connectivity index (χ4n) is 16.4. The number of hydrogen-bond acceptors (Lipinski definition) is 20. The van der Waals surface area contributed by atoms with Gasteiger partial charge in [-0.3, -0.25) is 18.7 Å². The van der Waals surface area contributed by atoms with E-state index in [1.807, 2.05) is 82.8 Å². The van der Waals surface area contributed by atoms with Crippen LogP contribution in [0.4, 0.5) is 5.82 Å². The van der Waals surface area contributed by atoms with Crippen LogP contribution >= 0.6 is 0 Å². The van der Waals surface area contributed by atoms with E-state index in [1.165, 1.54) is 35.4 Å². The fourth-order valence-corrected chi connectivity index (χ4v) is 16.4. The van der Waals surface area contributed by atoms with Gasteiger partial charge in [-0.15, -0.1) is 0 Å². The lowest BCUT2D eigenvalue weighted by Crippen LogP contribution is -2.44. The summed E-state index contributed by atoms with van der Waals surface area (Å²) in [5.41, 5.74) is 12.4. The van der Waals surface area contributed by atoms with Crippen molar-refractivity contribution in [2.24, 2.45) is 11.8 Å². The van der Waals surface area contributed by atoms with Crippen LogP contribution < -0.4 is 28.6 Å². The smallest absolute Gasteiger partial charge is 0.130 e. The van der Waals surface area contributed by atoms with Gasteiger partial charge in [-0.2, -0.15) is 25.5 Å². The summed E-state index contributed by atoms with van der Waals surface area (Å²) < 4.78 is 63.2. The number of rotatable bonds is 30. The third-order valence-corrected chi connectivity index (χ3v) is 22.9. The highest BCUT2D eigenvalue weighted by Crippen LogP contribution is 2.41. The Balaban J connectivity index is 0.000000152. The number of phenolic OH excluding ortho intramolecular Hbond substituents is 5. The molecule has 0 spiro atoms. The molecule has 0 bridgehead atoms. The molecule has 5 aromatic heterocycles. The van der Waals surface area contributed by atoms with Crippen LogP contribution in [0.25, 0.3) is 41.5 Å². The van der Waals surface area contributed by atoms with E-state index in [1.54, 1.807) is 91.0 Å². The SMILES string of the molecule is C=Cc1c(O)cccc1OCC1=C(c2ccnn2C(C)C)CCOC1.C=Cc1c(O)cccc1OCC1=C(c2ccnn2C(C)C)COCC1.C=Cc1c(O)cccc1OCC1CCCCN1c1ccnn1C(C)C.C=Cc1c(O)cccc1OCC1CCOCC1c1ccnn1C(C)C.C=Cc1c(O)cccc1OCC1COCCC1c1ccnn1C(C)C. The third-order valence-electron chi connectivity index (χ3n) is 22.9. The predicted octanol–water partition coefficient (Wildman–Crippen LogP) is 20.4. The quantitative estimate of drug-likeness (QED) is 0.0280. The Kier molecular flexibility index (Phi) is 34.5. The Hall–Kier alpha value is -12.0. The molecule has 3 saturated heterocycles. The van der Waals surface area contributed by atoms with Gasteiger partial charge in [-0.25, -0.2) is 4.68 Å². The van der Waals surface area contributed by atoms with E-state index in [0.29, 0.717) is 171 Å². The number of benzene rings is 5. The first-order valence-electron chi connectivity index (χ1n) is 43.6. The summed E-state index contributed by atoms with van der Waals surface area (Å²) in [5, 5.41) is 72.0.